The molecule has 0 N–H and O–H groups in total. The van der Waals surface area contributed by atoms with E-state index in [1.165, 1.54) is 12.1 Å². The van der Waals surface area contributed by atoms with Crippen LogP contribution in [0.3, 0.4) is 0 Å². The molecule has 0 aliphatic rings. The van der Waals surface area contributed by atoms with Crippen molar-refractivity contribution in [1.82, 2.24) is 9.55 Å². The van der Waals surface area contributed by atoms with Crippen molar-refractivity contribution in [2.24, 2.45) is 0 Å². The van der Waals surface area contributed by atoms with Gasteiger partial charge in [-0.05, 0) is 36.8 Å². The van der Waals surface area contributed by atoms with E-state index >= 15 is 0 Å². The second kappa shape index (κ2) is 5.19. The molecule has 3 rings (SSSR count). The lowest BCUT2D eigenvalue weighted by molar-refractivity contribution is 0.629. The first-order valence-corrected chi connectivity index (χ1v) is 7.42. The highest BCUT2D eigenvalue weighted by Crippen LogP contribution is 2.27. The van der Waals surface area contributed by atoms with Gasteiger partial charge in [-0.15, -0.1) is 11.6 Å². The Bertz CT molecular complexity index is 798. The van der Waals surface area contributed by atoms with Crippen LogP contribution in [0.15, 0.2) is 40.9 Å². The predicted octanol–water partition coefficient (Wildman–Crippen LogP) is 4.97. The molecule has 102 valence electrons. The van der Waals surface area contributed by atoms with Crippen molar-refractivity contribution >= 4 is 38.6 Å². The standard InChI is InChI=1S/C15H11BrClFN2/c1-9-2-3-10(16)6-13(9)20-14-7-11(18)4-5-12(14)19-15(20)8-17/h2-7H,8H2,1H3. The molecule has 0 radical (unpaired) electrons. The summed E-state index contributed by atoms with van der Waals surface area (Å²) in [7, 11) is 0. The zero-order valence-electron chi connectivity index (χ0n) is 10.7. The molecule has 1 aromatic heterocycles. The van der Waals surface area contributed by atoms with Crippen LogP contribution in [0.1, 0.15) is 11.4 Å². The maximum absolute atomic E-state index is 13.5. The third kappa shape index (κ3) is 2.23. The number of hydrogen-bond acceptors (Lipinski definition) is 1. The molecule has 0 fully saturated rings. The van der Waals surface area contributed by atoms with Crippen molar-refractivity contribution < 1.29 is 4.39 Å². The Morgan fingerprint density at radius 1 is 1.25 bits per heavy atom. The van der Waals surface area contributed by atoms with Crippen LogP contribution in [0.25, 0.3) is 16.7 Å². The van der Waals surface area contributed by atoms with Gasteiger partial charge in [0.15, 0.2) is 0 Å². The molecule has 5 heteroatoms. The molecule has 3 aromatic rings. The molecular formula is C15H11BrClFN2. The Kier molecular flexibility index (Phi) is 3.52. The lowest BCUT2D eigenvalue weighted by Crippen LogP contribution is -2.01. The highest BCUT2D eigenvalue weighted by atomic mass is 79.9. The summed E-state index contributed by atoms with van der Waals surface area (Å²) in [5.41, 5.74) is 3.48. The average Bonchev–Trinajstić information content (AvgIpc) is 2.79. The normalized spacial score (nSPS) is 11.2. The summed E-state index contributed by atoms with van der Waals surface area (Å²) >= 11 is 9.46. The maximum atomic E-state index is 13.5. The van der Waals surface area contributed by atoms with E-state index in [2.05, 4.69) is 20.9 Å². The van der Waals surface area contributed by atoms with Crippen LogP contribution in [-0.4, -0.2) is 9.55 Å². The first kappa shape index (κ1) is 13.6. The number of alkyl halides is 1. The molecule has 0 unspecified atom stereocenters. The van der Waals surface area contributed by atoms with Crippen molar-refractivity contribution in [3.63, 3.8) is 0 Å². The number of rotatable bonds is 2. The number of aryl methyl sites for hydroxylation is 1. The number of nitrogens with zero attached hydrogens (tertiary/aromatic N) is 2. The monoisotopic (exact) mass is 352 g/mol. The number of benzene rings is 2. The minimum absolute atomic E-state index is 0.266. The summed E-state index contributed by atoms with van der Waals surface area (Å²) in [5, 5.41) is 0. The Morgan fingerprint density at radius 2 is 2.05 bits per heavy atom. The van der Waals surface area contributed by atoms with E-state index in [0.717, 1.165) is 26.8 Å². The van der Waals surface area contributed by atoms with Crippen LogP contribution < -0.4 is 0 Å². The fourth-order valence-corrected chi connectivity index (χ4v) is 2.81. The molecule has 2 aromatic carbocycles. The molecule has 0 saturated carbocycles. The van der Waals surface area contributed by atoms with E-state index in [-0.39, 0.29) is 11.7 Å². The first-order valence-electron chi connectivity index (χ1n) is 6.09. The summed E-state index contributed by atoms with van der Waals surface area (Å²) in [6.07, 6.45) is 0. The molecule has 0 atom stereocenters. The Balaban J connectivity index is 2.39. The van der Waals surface area contributed by atoms with E-state index in [1.54, 1.807) is 6.07 Å². The lowest BCUT2D eigenvalue weighted by atomic mass is 10.2. The van der Waals surface area contributed by atoms with E-state index in [1.807, 2.05) is 29.7 Å². The number of halogens is 3. The van der Waals surface area contributed by atoms with Crippen molar-refractivity contribution in [3.8, 4) is 5.69 Å². The summed E-state index contributed by atoms with van der Waals surface area (Å²) < 4.78 is 16.4. The number of aromatic nitrogens is 2. The van der Waals surface area contributed by atoms with Gasteiger partial charge >= 0.3 is 0 Å². The highest BCUT2D eigenvalue weighted by Gasteiger charge is 2.14. The zero-order chi connectivity index (χ0) is 14.3. The topological polar surface area (TPSA) is 17.8 Å². The molecule has 0 aliphatic carbocycles. The SMILES string of the molecule is Cc1ccc(Br)cc1-n1c(CCl)nc2ccc(F)cc21. The highest BCUT2D eigenvalue weighted by molar-refractivity contribution is 9.10. The molecule has 1 heterocycles. The summed E-state index contributed by atoms with van der Waals surface area (Å²) in [5.74, 6) is 0.684. The summed E-state index contributed by atoms with van der Waals surface area (Å²) in [6.45, 7) is 2.00. The molecule has 0 bridgehead atoms. The number of fused-ring (bicyclic) bond motifs is 1. The minimum atomic E-state index is -0.285. The van der Waals surface area contributed by atoms with Gasteiger partial charge in [0, 0.05) is 10.5 Å². The van der Waals surface area contributed by atoms with E-state index in [9.17, 15) is 4.39 Å². The molecule has 0 amide bonds. The van der Waals surface area contributed by atoms with Crippen LogP contribution in [0.5, 0.6) is 0 Å². The predicted molar refractivity (Wildman–Crippen MR) is 83.0 cm³/mol. The van der Waals surface area contributed by atoms with Crippen molar-refractivity contribution in [2.75, 3.05) is 0 Å². The zero-order valence-corrected chi connectivity index (χ0v) is 13.0. The van der Waals surface area contributed by atoms with Gasteiger partial charge in [-0.2, -0.15) is 0 Å². The Labute approximate surface area is 129 Å². The molecule has 0 spiro atoms. The number of hydrogen-bond donors (Lipinski definition) is 0. The van der Waals surface area contributed by atoms with Gasteiger partial charge in [0.1, 0.15) is 11.6 Å². The van der Waals surface area contributed by atoms with Gasteiger partial charge in [-0.25, -0.2) is 9.37 Å². The van der Waals surface area contributed by atoms with Crippen molar-refractivity contribution in [1.29, 1.82) is 0 Å². The van der Waals surface area contributed by atoms with Gasteiger partial charge in [-0.1, -0.05) is 22.0 Å². The third-order valence-corrected chi connectivity index (χ3v) is 3.95. The second-order valence-electron chi connectivity index (χ2n) is 4.56. The number of imidazole rings is 1. The van der Waals surface area contributed by atoms with E-state index < -0.39 is 0 Å². The Hall–Kier alpha value is -1.39. The van der Waals surface area contributed by atoms with Gasteiger partial charge in [0.05, 0.1) is 22.6 Å². The quantitative estimate of drug-likeness (QED) is 0.594. The van der Waals surface area contributed by atoms with Crippen molar-refractivity contribution in [3.05, 3.63) is 58.1 Å². The first-order chi connectivity index (χ1) is 9.60. The lowest BCUT2D eigenvalue weighted by Gasteiger charge is -2.11. The van der Waals surface area contributed by atoms with Crippen LogP contribution in [0.4, 0.5) is 4.39 Å². The summed E-state index contributed by atoms with van der Waals surface area (Å²) in [4.78, 5) is 4.47. The fraction of sp³-hybridized carbons (Fsp3) is 0.133. The molecule has 0 saturated heterocycles. The molecule has 2 nitrogen and oxygen atoms in total. The van der Waals surface area contributed by atoms with Crippen molar-refractivity contribution in [2.45, 2.75) is 12.8 Å². The third-order valence-electron chi connectivity index (χ3n) is 3.22. The summed E-state index contributed by atoms with van der Waals surface area (Å²) in [6, 6.07) is 10.5. The van der Waals surface area contributed by atoms with E-state index in [4.69, 9.17) is 11.6 Å². The van der Waals surface area contributed by atoms with Gasteiger partial charge < -0.3 is 0 Å². The van der Waals surface area contributed by atoms with Gasteiger partial charge in [-0.3, -0.25) is 4.57 Å². The fourth-order valence-electron chi connectivity index (χ4n) is 2.28. The van der Waals surface area contributed by atoms with Crippen LogP contribution in [0, 0.1) is 12.7 Å². The average molecular weight is 354 g/mol. The van der Waals surface area contributed by atoms with Gasteiger partial charge in [0.25, 0.3) is 0 Å². The maximum Gasteiger partial charge on any atom is 0.129 e. The molecule has 0 aliphatic heterocycles. The van der Waals surface area contributed by atoms with Crippen LogP contribution >= 0.6 is 27.5 Å². The molecule has 20 heavy (non-hydrogen) atoms. The largest absolute Gasteiger partial charge is 0.295 e. The second-order valence-corrected chi connectivity index (χ2v) is 5.74. The minimum Gasteiger partial charge on any atom is -0.295 e. The van der Waals surface area contributed by atoms with Crippen LogP contribution in [0.2, 0.25) is 0 Å². The van der Waals surface area contributed by atoms with Gasteiger partial charge in [0.2, 0.25) is 0 Å². The molecular weight excluding hydrogens is 343 g/mol. The van der Waals surface area contributed by atoms with Crippen LogP contribution in [-0.2, 0) is 5.88 Å². The smallest absolute Gasteiger partial charge is 0.129 e. The van der Waals surface area contributed by atoms with E-state index in [0.29, 0.717) is 5.82 Å². The Morgan fingerprint density at radius 3 is 2.80 bits per heavy atom.